The van der Waals surface area contributed by atoms with Crippen LogP contribution in [0, 0.1) is 0 Å². The summed E-state index contributed by atoms with van der Waals surface area (Å²) in [6.07, 6.45) is 6.46. The first-order valence-corrected chi connectivity index (χ1v) is 8.62. The molecule has 2 rings (SSSR count). The molecular formula is C12H16IN5S. The van der Waals surface area contributed by atoms with E-state index in [9.17, 15) is 0 Å². The second kappa shape index (κ2) is 6.47. The van der Waals surface area contributed by atoms with Gasteiger partial charge < -0.3 is 11.1 Å². The minimum absolute atomic E-state index is 0.513. The van der Waals surface area contributed by atoms with Crippen molar-refractivity contribution in [3.05, 3.63) is 29.9 Å². The van der Waals surface area contributed by atoms with Crippen LogP contribution in [0.15, 0.2) is 18.6 Å². The van der Waals surface area contributed by atoms with E-state index in [0.717, 1.165) is 32.7 Å². The number of thioether (sulfide) groups is 1. The summed E-state index contributed by atoms with van der Waals surface area (Å²) < 4.78 is 2.74. The molecule has 0 atom stereocenters. The molecule has 2 aromatic heterocycles. The summed E-state index contributed by atoms with van der Waals surface area (Å²) in [5.41, 5.74) is 9.12. The number of anilines is 1. The monoisotopic (exact) mass is 389 g/mol. The molecule has 0 aliphatic carbocycles. The van der Waals surface area contributed by atoms with Crippen molar-refractivity contribution in [2.45, 2.75) is 13.3 Å². The molecule has 0 amide bonds. The van der Waals surface area contributed by atoms with Gasteiger partial charge in [-0.3, -0.25) is 0 Å². The van der Waals surface area contributed by atoms with Gasteiger partial charge in [-0.1, -0.05) is 29.5 Å². The molecule has 0 radical (unpaired) electrons. The Bertz CT molecular complexity index is 607. The van der Waals surface area contributed by atoms with Crippen LogP contribution in [-0.2, 0) is 6.42 Å². The van der Waals surface area contributed by atoms with Crippen LogP contribution < -0.4 is 11.1 Å². The molecule has 2 aromatic rings. The summed E-state index contributed by atoms with van der Waals surface area (Å²) >= 11 is 3.96. The molecular weight excluding hydrogens is 373 g/mol. The zero-order chi connectivity index (χ0) is 13.8. The van der Waals surface area contributed by atoms with Crippen LogP contribution >= 0.6 is 34.4 Å². The molecule has 5 nitrogen and oxygen atoms in total. The third kappa shape index (κ3) is 2.81. The highest BCUT2D eigenvalue weighted by atomic mass is 127. The van der Waals surface area contributed by atoms with Crippen LogP contribution in [0.4, 0.5) is 5.82 Å². The summed E-state index contributed by atoms with van der Waals surface area (Å²) in [6.45, 7) is 2.11. The van der Waals surface area contributed by atoms with Gasteiger partial charge >= 0.3 is 0 Å². The number of nitrogens with two attached hydrogens (primary N) is 1. The Kier molecular flexibility index (Phi) is 4.92. The van der Waals surface area contributed by atoms with Crippen LogP contribution in [0.2, 0.25) is 0 Å². The van der Waals surface area contributed by atoms with Crippen molar-refractivity contribution >= 4 is 50.6 Å². The Balaban J connectivity index is 2.65. The highest BCUT2D eigenvalue weighted by Gasteiger charge is 2.15. The van der Waals surface area contributed by atoms with Gasteiger partial charge in [-0.15, -0.1) is 11.8 Å². The van der Waals surface area contributed by atoms with Crippen molar-refractivity contribution in [3.63, 3.8) is 0 Å². The molecule has 102 valence electrons. The van der Waals surface area contributed by atoms with Crippen molar-refractivity contribution in [1.29, 1.82) is 0 Å². The maximum absolute atomic E-state index is 6.02. The van der Waals surface area contributed by atoms with Gasteiger partial charge in [0.15, 0.2) is 5.82 Å². The quantitative estimate of drug-likeness (QED) is 0.467. The number of aryl methyl sites for hydroxylation is 1. The number of rotatable bonds is 5. The maximum atomic E-state index is 6.02. The van der Waals surface area contributed by atoms with Gasteiger partial charge in [-0.25, -0.2) is 9.50 Å². The SMILES string of the molecule is CCc1cc(/C(=C/NCI)SC)c2c(N)ncnn12. The molecule has 0 spiro atoms. The maximum Gasteiger partial charge on any atom is 0.152 e. The Morgan fingerprint density at radius 3 is 3.05 bits per heavy atom. The summed E-state index contributed by atoms with van der Waals surface area (Å²) in [5, 5.41) is 7.52. The average molecular weight is 389 g/mol. The lowest BCUT2D eigenvalue weighted by Crippen LogP contribution is -2.03. The molecule has 0 fully saturated rings. The minimum Gasteiger partial charge on any atom is -0.382 e. The summed E-state index contributed by atoms with van der Waals surface area (Å²) in [7, 11) is 0. The van der Waals surface area contributed by atoms with Crippen LogP contribution in [0.3, 0.4) is 0 Å². The van der Waals surface area contributed by atoms with E-state index in [2.05, 4.69) is 57.2 Å². The molecule has 0 unspecified atom stereocenters. The predicted molar refractivity (Wildman–Crippen MR) is 90.3 cm³/mol. The fourth-order valence-electron chi connectivity index (χ4n) is 1.95. The molecule has 3 N–H and O–H groups in total. The van der Waals surface area contributed by atoms with Crippen molar-refractivity contribution < 1.29 is 0 Å². The highest BCUT2D eigenvalue weighted by Crippen LogP contribution is 2.32. The lowest BCUT2D eigenvalue weighted by atomic mass is 10.2. The Hall–Kier alpha value is -0.960. The first-order chi connectivity index (χ1) is 9.22. The Morgan fingerprint density at radius 2 is 2.42 bits per heavy atom. The van der Waals surface area contributed by atoms with Gasteiger partial charge in [0.05, 0.1) is 4.55 Å². The van der Waals surface area contributed by atoms with Crippen molar-refractivity contribution in [2.75, 3.05) is 16.5 Å². The number of nitrogens with zero attached hydrogens (tertiary/aromatic N) is 3. The van der Waals surface area contributed by atoms with Crippen molar-refractivity contribution in [2.24, 2.45) is 0 Å². The second-order valence-corrected chi connectivity index (χ2v) is 5.47. The number of nitrogens with one attached hydrogen (secondary N) is 1. The standard InChI is InChI=1S/C12H16IN5S/c1-3-8-4-9(10(19-2)5-15-6-13)11-12(14)16-7-17-18(8)11/h4-5,7,15H,3,6H2,1-2H3,(H2,14,16,17)/b10-5-. The molecule has 2 heterocycles. The lowest BCUT2D eigenvalue weighted by Gasteiger charge is -2.05. The normalized spacial score (nSPS) is 12.1. The van der Waals surface area contributed by atoms with E-state index in [1.165, 1.54) is 6.33 Å². The van der Waals surface area contributed by atoms with E-state index in [1.807, 2.05) is 10.7 Å². The zero-order valence-electron chi connectivity index (χ0n) is 10.9. The van der Waals surface area contributed by atoms with Crippen LogP contribution in [-0.4, -0.2) is 25.4 Å². The minimum atomic E-state index is 0.513. The first kappa shape index (κ1) is 14.4. The van der Waals surface area contributed by atoms with E-state index in [4.69, 9.17) is 5.73 Å². The van der Waals surface area contributed by atoms with E-state index in [0.29, 0.717) is 5.82 Å². The average Bonchev–Trinajstić information content (AvgIpc) is 2.80. The van der Waals surface area contributed by atoms with Gasteiger partial charge in [-0.2, -0.15) is 5.10 Å². The number of nitrogen functional groups attached to an aromatic ring is 1. The molecule has 0 aliphatic rings. The summed E-state index contributed by atoms with van der Waals surface area (Å²) in [4.78, 5) is 5.23. The molecule has 19 heavy (non-hydrogen) atoms. The number of halogens is 1. The number of hydrogen-bond acceptors (Lipinski definition) is 5. The lowest BCUT2D eigenvalue weighted by molar-refractivity contribution is 0.841. The molecule has 0 aromatic carbocycles. The first-order valence-electron chi connectivity index (χ1n) is 5.87. The fraction of sp³-hybridized carbons (Fsp3) is 0.333. The number of alkyl halides is 1. The second-order valence-electron chi connectivity index (χ2n) is 3.86. The summed E-state index contributed by atoms with van der Waals surface area (Å²) in [6, 6.07) is 2.14. The predicted octanol–water partition coefficient (Wildman–Crippen LogP) is 2.52. The molecule has 7 heteroatoms. The van der Waals surface area contributed by atoms with Gasteiger partial charge in [0.25, 0.3) is 0 Å². The van der Waals surface area contributed by atoms with Gasteiger partial charge in [0, 0.05) is 22.4 Å². The topological polar surface area (TPSA) is 68.2 Å². The highest BCUT2D eigenvalue weighted by molar-refractivity contribution is 14.1. The number of hydrogen-bond donors (Lipinski definition) is 2. The largest absolute Gasteiger partial charge is 0.382 e. The van der Waals surface area contributed by atoms with Gasteiger partial charge in [0.2, 0.25) is 0 Å². The van der Waals surface area contributed by atoms with E-state index >= 15 is 0 Å². The smallest absolute Gasteiger partial charge is 0.152 e. The zero-order valence-corrected chi connectivity index (χ0v) is 13.8. The van der Waals surface area contributed by atoms with Gasteiger partial charge in [-0.05, 0) is 18.7 Å². The molecule has 0 saturated heterocycles. The van der Waals surface area contributed by atoms with Crippen LogP contribution in [0.5, 0.6) is 0 Å². The van der Waals surface area contributed by atoms with Crippen LogP contribution in [0.1, 0.15) is 18.2 Å². The Morgan fingerprint density at radius 1 is 1.63 bits per heavy atom. The van der Waals surface area contributed by atoms with Gasteiger partial charge in [0.1, 0.15) is 11.8 Å². The van der Waals surface area contributed by atoms with Crippen LogP contribution in [0.25, 0.3) is 10.4 Å². The summed E-state index contributed by atoms with van der Waals surface area (Å²) in [5.74, 6) is 0.513. The Labute approximate surface area is 130 Å². The molecule has 0 aliphatic heterocycles. The van der Waals surface area contributed by atoms with Crippen molar-refractivity contribution in [1.82, 2.24) is 19.9 Å². The van der Waals surface area contributed by atoms with E-state index < -0.39 is 0 Å². The third-order valence-corrected chi connectivity index (χ3v) is 4.03. The number of fused-ring (bicyclic) bond motifs is 1. The van der Waals surface area contributed by atoms with Crippen molar-refractivity contribution in [3.8, 4) is 0 Å². The fourth-order valence-corrected chi connectivity index (χ4v) is 2.75. The molecule has 0 saturated carbocycles. The van der Waals surface area contributed by atoms with E-state index in [-0.39, 0.29) is 0 Å². The number of aromatic nitrogens is 3. The third-order valence-electron chi connectivity index (χ3n) is 2.81. The van der Waals surface area contributed by atoms with E-state index in [1.54, 1.807) is 11.8 Å². The molecule has 0 bridgehead atoms.